The van der Waals surface area contributed by atoms with E-state index in [9.17, 15) is 0 Å². The second kappa shape index (κ2) is 3.78. The van der Waals surface area contributed by atoms with E-state index in [1.54, 1.807) is 10.7 Å². The molecule has 1 aromatic carbocycles. The fourth-order valence-electron chi connectivity index (χ4n) is 2.00. The average Bonchev–Trinajstić information content (AvgIpc) is 2.89. The normalized spacial score (nSPS) is 17.4. The van der Waals surface area contributed by atoms with Crippen LogP contribution < -0.4 is 0 Å². The second-order valence-electron chi connectivity index (χ2n) is 4.04. The molecule has 0 radical (unpaired) electrons. The number of hydrogen-bond acceptors (Lipinski definition) is 4. The van der Waals surface area contributed by atoms with E-state index in [1.165, 1.54) is 0 Å². The molecule has 0 aliphatic carbocycles. The fourth-order valence-corrected chi connectivity index (χ4v) is 2.00. The summed E-state index contributed by atoms with van der Waals surface area (Å²) in [5.41, 5.74) is 2.87. The number of aliphatic hydroxyl groups excluding tert-OH is 1. The van der Waals surface area contributed by atoms with Gasteiger partial charge in [-0.2, -0.15) is 10.2 Å². The Morgan fingerprint density at radius 3 is 2.94 bits per heavy atom. The first kappa shape index (κ1) is 10.2. The van der Waals surface area contributed by atoms with E-state index >= 15 is 0 Å². The zero-order valence-corrected chi connectivity index (χ0v) is 9.41. The van der Waals surface area contributed by atoms with Gasteiger partial charge in [0.15, 0.2) is 12.0 Å². The lowest BCUT2D eigenvalue weighted by Gasteiger charge is -2.11. The highest BCUT2D eigenvalue weighted by Gasteiger charge is 2.24. The van der Waals surface area contributed by atoms with Crippen molar-refractivity contribution in [3.63, 3.8) is 0 Å². The smallest absolute Gasteiger partial charge is 0.190 e. The third-order valence-electron chi connectivity index (χ3n) is 2.90. The van der Waals surface area contributed by atoms with Gasteiger partial charge in [0.25, 0.3) is 0 Å². The van der Waals surface area contributed by atoms with Crippen molar-refractivity contribution in [3.05, 3.63) is 47.2 Å². The van der Waals surface area contributed by atoms with Gasteiger partial charge in [-0.1, -0.05) is 24.3 Å². The van der Waals surface area contributed by atoms with Crippen LogP contribution in [0.1, 0.15) is 23.0 Å². The Hall–Kier alpha value is -2.01. The maximum atomic E-state index is 9.06. The molecule has 1 unspecified atom stereocenters. The highest BCUT2D eigenvalue weighted by molar-refractivity contribution is 5.37. The highest BCUT2D eigenvalue weighted by atomic mass is 16.3. The van der Waals surface area contributed by atoms with E-state index in [4.69, 9.17) is 5.11 Å². The average molecular weight is 228 g/mol. The molecule has 86 valence electrons. The van der Waals surface area contributed by atoms with Crippen LogP contribution in [0, 0.1) is 6.92 Å². The number of aromatic nitrogens is 2. The first-order valence-corrected chi connectivity index (χ1v) is 5.45. The number of aliphatic hydroxyl groups is 1. The van der Waals surface area contributed by atoms with Crippen molar-refractivity contribution in [2.75, 3.05) is 0 Å². The number of azo groups is 1. The monoisotopic (exact) mass is 228 g/mol. The molecule has 0 saturated heterocycles. The first-order chi connectivity index (χ1) is 8.29. The van der Waals surface area contributed by atoms with Crippen molar-refractivity contribution in [3.8, 4) is 0 Å². The maximum Gasteiger partial charge on any atom is 0.190 e. The van der Waals surface area contributed by atoms with E-state index in [0.29, 0.717) is 11.5 Å². The van der Waals surface area contributed by atoms with Gasteiger partial charge in [-0.15, -0.1) is 5.11 Å². The first-order valence-electron chi connectivity index (χ1n) is 5.45. The second-order valence-corrected chi connectivity index (χ2v) is 4.04. The molecule has 1 atom stereocenters. The largest absolute Gasteiger partial charge is 0.390 e. The van der Waals surface area contributed by atoms with Crippen molar-refractivity contribution in [2.24, 2.45) is 10.2 Å². The van der Waals surface area contributed by atoms with Crippen LogP contribution in [-0.4, -0.2) is 14.9 Å². The molecule has 0 bridgehead atoms. The van der Waals surface area contributed by atoms with Gasteiger partial charge in [0.2, 0.25) is 0 Å². The van der Waals surface area contributed by atoms with Gasteiger partial charge in [0, 0.05) is 11.6 Å². The summed E-state index contributed by atoms with van der Waals surface area (Å²) in [6, 6.07) is 9.79. The Morgan fingerprint density at radius 2 is 2.18 bits per heavy atom. The van der Waals surface area contributed by atoms with Crippen LogP contribution in [0.25, 0.3) is 0 Å². The molecule has 0 saturated carbocycles. The predicted octanol–water partition coefficient (Wildman–Crippen LogP) is 2.33. The van der Waals surface area contributed by atoms with Crippen LogP contribution >= 0.6 is 0 Å². The van der Waals surface area contributed by atoms with E-state index in [1.807, 2.05) is 31.2 Å². The summed E-state index contributed by atoms with van der Waals surface area (Å²) in [5.74, 6) is 0.697. The molecule has 17 heavy (non-hydrogen) atoms. The molecule has 0 amide bonds. The molecule has 5 heteroatoms. The molecule has 1 aliphatic heterocycles. The van der Waals surface area contributed by atoms with Crippen molar-refractivity contribution >= 4 is 5.82 Å². The van der Waals surface area contributed by atoms with Crippen molar-refractivity contribution in [2.45, 2.75) is 19.7 Å². The van der Waals surface area contributed by atoms with Gasteiger partial charge in [-0.05, 0) is 12.5 Å². The molecule has 1 aromatic heterocycles. The van der Waals surface area contributed by atoms with Crippen molar-refractivity contribution < 1.29 is 5.11 Å². The highest BCUT2D eigenvalue weighted by Crippen LogP contribution is 2.34. The lowest BCUT2D eigenvalue weighted by molar-refractivity contribution is 0.274. The summed E-state index contributed by atoms with van der Waals surface area (Å²) in [5, 5.41) is 21.6. The predicted molar refractivity (Wildman–Crippen MR) is 62.0 cm³/mol. The lowest BCUT2D eigenvalue weighted by atomic mass is 10.1. The summed E-state index contributed by atoms with van der Waals surface area (Å²) in [7, 11) is 0. The summed E-state index contributed by atoms with van der Waals surface area (Å²) >= 11 is 0. The van der Waals surface area contributed by atoms with Crippen LogP contribution in [0.5, 0.6) is 0 Å². The molecule has 0 fully saturated rings. The minimum Gasteiger partial charge on any atom is -0.390 e. The molecule has 2 heterocycles. The summed E-state index contributed by atoms with van der Waals surface area (Å²) in [6.45, 7) is 1.97. The number of rotatable bonds is 2. The number of hydrogen-bond donors (Lipinski definition) is 1. The van der Waals surface area contributed by atoms with E-state index in [2.05, 4.69) is 15.3 Å². The number of nitrogens with zero attached hydrogens (tertiary/aromatic N) is 4. The van der Waals surface area contributed by atoms with E-state index < -0.39 is 0 Å². The van der Waals surface area contributed by atoms with Crippen molar-refractivity contribution in [1.82, 2.24) is 9.78 Å². The number of benzene rings is 1. The molecular weight excluding hydrogens is 216 g/mol. The minimum atomic E-state index is -0.202. The fraction of sp³-hybridized carbons (Fsp3) is 0.250. The standard InChI is InChI=1S/C12H12N4O/c1-8-4-2-3-5-10(8)12-14-13-11-6-9(7-17)15-16(11)12/h2-6,12,17H,7H2,1H3. The third kappa shape index (κ3) is 1.55. The molecular formula is C12H12N4O. The van der Waals surface area contributed by atoms with Gasteiger partial charge in [-0.3, -0.25) is 0 Å². The maximum absolute atomic E-state index is 9.06. The molecule has 3 rings (SSSR count). The lowest BCUT2D eigenvalue weighted by Crippen LogP contribution is -2.08. The molecule has 5 nitrogen and oxygen atoms in total. The Bertz CT molecular complexity index is 588. The number of fused-ring (bicyclic) bond motifs is 1. The molecule has 0 spiro atoms. The Labute approximate surface area is 98.4 Å². The van der Waals surface area contributed by atoms with E-state index in [-0.39, 0.29) is 12.8 Å². The molecule has 1 N–H and O–H groups in total. The zero-order valence-electron chi connectivity index (χ0n) is 9.41. The van der Waals surface area contributed by atoms with Crippen LogP contribution in [0.15, 0.2) is 40.6 Å². The third-order valence-corrected chi connectivity index (χ3v) is 2.90. The van der Waals surface area contributed by atoms with Gasteiger partial charge < -0.3 is 5.11 Å². The molecule has 1 aliphatic rings. The topological polar surface area (TPSA) is 62.8 Å². The van der Waals surface area contributed by atoms with Gasteiger partial charge in [-0.25, -0.2) is 4.68 Å². The quantitative estimate of drug-likeness (QED) is 0.857. The Morgan fingerprint density at radius 1 is 1.35 bits per heavy atom. The molecule has 2 aromatic rings. The van der Waals surface area contributed by atoms with Gasteiger partial charge in [0.1, 0.15) is 0 Å². The summed E-state index contributed by atoms with van der Waals surface area (Å²) in [6.07, 6.45) is -0.202. The number of aryl methyl sites for hydroxylation is 1. The Kier molecular flexibility index (Phi) is 2.26. The van der Waals surface area contributed by atoms with E-state index in [0.717, 1.165) is 11.1 Å². The van der Waals surface area contributed by atoms with Gasteiger partial charge >= 0.3 is 0 Å². The van der Waals surface area contributed by atoms with Crippen LogP contribution in [0.4, 0.5) is 5.82 Å². The van der Waals surface area contributed by atoms with Crippen LogP contribution in [0.2, 0.25) is 0 Å². The summed E-state index contributed by atoms with van der Waals surface area (Å²) in [4.78, 5) is 0. The van der Waals surface area contributed by atoms with Crippen molar-refractivity contribution in [1.29, 1.82) is 0 Å². The van der Waals surface area contributed by atoms with Gasteiger partial charge in [0.05, 0.1) is 12.3 Å². The SMILES string of the molecule is Cc1ccccc1C1N=Nc2cc(CO)nn21. The van der Waals surface area contributed by atoms with Crippen LogP contribution in [-0.2, 0) is 6.61 Å². The minimum absolute atomic E-state index is 0.0734. The Balaban J connectivity index is 2.07. The van der Waals surface area contributed by atoms with Crippen LogP contribution in [0.3, 0.4) is 0 Å². The summed E-state index contributed by atoms with van der Waals surface area (Å²) < 4.78 is 1.74. The zero-order chi connectivity index (χ0) is 11.8.